The first kappa shape index (κ1) is 17.2. The summed E-state index contributed by atoms with van der Waals surface area (Å²) in [5, 5.41) is 6.98. The molecule has 1 fully saturated rings. The van der Waals surface area contributed by atoms with Crippen LogP contribution in [0.25, 0.3) is 0 Å². The van der Waals surface area contributed by atoms with Crippen LogP contribution in [0.3, 0.4) is 0 Å². The van der Waals surface area contributed by atoms with E-state index in [9.17, 15) is 4.79 Å². The third-order valence-corrected chi connectivity index (χ3v) is 5.01. The quantitative estimate of drug-likeness (QED) is 0.854. The van der Waals surface area contributed by atoms with Gasteiger partial charge in [-0.3, -0.25) is 15.0 Å². The van der Waals surface area contributed by atoms with Gasteiger partial charge in [-0.1, -0.05) is 38.1 Å². The molecule has 1 saturated heterocycles. The summed E-state index contributed by atoms with van der Waals surface area (Å²) in [6.07, 6.45) is 10.3. The minimum Gasteiger partial charge on any atom is -0.338 e. The second kappa shape index (κ2) is 7.09. The van der Waals surface area contributed by atoms with E-state index in [-0.39, 0.29) is 17.4 Å². The Hall–Kier alpha value is -1.62. The molecule has 5 heteroatoms. The predicted octanol–water partition coefficient (Wildman–Crippen LogP) is 3.73. The van der Waals surface area contributed by atoms with E-state index in [1.165, 1.54) is 19.3 Å². The van der Waals surface area contributed by atoms with Gasteiger partial charge in [0.25, 0.3) is 0 Å². The van der Waals surface area contributed by atoms with Crippen molar-refractivity contribution in [2.45, 2.75) is 64.3 Å². The number of hydrogen-bond acceptors (Lipinski definition) is 4. The van der Waals surface area contributed by atoms with Gasteiger partial charge in [-0.25, -0.2) is 0 Å². The number of likely N-dealkylation sites (tertiary alicyclic amines) is 1. The Morgan fingerprint density at radius 2 is 2.21 bits per heavy atom. The van der Waals surface area contributed by atoms with Crippen LogP contribution in [0.1, 0.15) is 58.6 Å². The van der Waals surface area contributed by atoms with Crippen molar-refractivity contribution < 1.29 is 9.32 Å². The fraction of sp³-hybridized carbons (Fsp3) is 0.684. The number of hydrogen-bond donors (Lipinski definition) is 1. The van der Waals surface area contributed by atoms with Crippen LogP contribution in [-0.2, 0) is 10.2 Å². The molecule has 132 valence electrons. The molecule has 1 aromatic heterocycles. The molecule has 0 saturated carbocycles. The van der Waals surface area contributed by atoms with Gasteiger partial charge in [0.05, 0.1) is 11.7 Å². The molecule has 3 rings (SSSR count). The Balaban J connectivity index is 1.60. The van der Waals surface area contributed by atoms with Crippen molar-refractivity contribution in [3.8, 4) is 0 Å². The molecule has 1 amide bonds. The summed E-state index contributed by atoms with van der Waals surface area (Å²) in [5.74, 6) is 1.07. The summed E-state index contributed by atoms with van der Waals surface area (Å²) >= 11 is 0. The molecule has 1 aliphatic heterocycles. The number of anilines is 1. The molecule has 0 aromatic carbocycles. The van der Waals surface area contributed by atoms with Gasteiger partial charge in [-0.05, 0) is 44.6 Å². The van der Waals surface area contributed by atoms with Crippen molar-refractivity contribution in [2.75, 3.05) is 18.4 Å². The van der Waals surface area contributed by atoms with Crippen molar-refractivity contribution in [2.24, 2.45) is 5.92 Å². The zero-order chi connectivity index (χ0) is 17.2. The Bertz CT molecular complexity index is 600. The molecule has 24 heavy (non-hydrogen) atoms. The third kappa shape index (κ3) is 4.07. The molecule has 1 unspecified atom stereocenters. The summed E-state index contributed by atoms with van der Waals surface area (Å²) in [7, 11) is 0. The molecule has 2 aliphatic rings. The van der Waals surface area contributed by atoms with E-state index >= 15 is 0 Å². The lowest BCUT2D eigenvalue weighted by molar-refractivity contribution is -0.120. The number of allylic oxidation sites excluding steroid dienone is 1. The van der Waals surface area contributed by atoms with Crippen LogP contribution < -0.4 is 5.32 Å². The molecular weight excluding hydrogens is 302 g/mol. The van der Waals surface area contributed by atoms with E-state index in [1.54, 1.807) is 0 Å². The molecule has 0 spiro atoms. The summed E-state index contributed by atoms with van der Waals surface area (Å²) in [6, 6.07) is 1.78. The largest absolute Gasteiger partial charge is 0.338 e. The van der Waals surface area contributed by atoms with E-state index in [1.807, 2.05) is 6.07 Å². The Labute approximate surface area is 144 Å². The lowest BCUT2D eigenvalue weighted by Gasteiger charge is -2.27. The third-order valence-electron chi connectivity index (χ3n) is 5.01. The van der Waals surface area contributed by atoms with Gasteiger partial charge >= 0.3 is 0 Å². The minimum atomic E-state index is -0.0841. The Morgan fingerprint density at radius 3 is 2.88 bits per heavy atom. The lowest BCUT2D eigenvalue weighted by atomic mass is 9.92. The average molecular weight is 331 g/mol. The normalized spacial score (nSPS) is 25.1. The highest BCUT2D eigenvalue weighted by Gasteiger charge is 2.32. The fourth-order valence-electron chi connectivity index (χ4n) is 3.57. The molecule has 0 bridgehead atoms. The van der Waals surface area contributed by atoms with Crippen LogP contribution >= 0.6 is 0 Å². The van der Waals surface area contributed by atoms with Crippen LogP contribution in [0.5, 0.6) is 0 Å². The van der Waals surface area contributed by atoms with Gasteiger partial charge in [0.15, 0.2) is 0 Å². The van der Waals surface area contributed by atoms with Crippen LogP contribution in [0.15, 0.2) is 22.7 Å². The molecule has 5 nitrogen and oxygen atoms in total. The lowest BCUT2D eigenvalue weighted by Crippen LogP contribution is -2.41. The first-order chi connectivity index (χ1) is 11.4. The number of aromatic nitrogens is 1. The number of nitrogens with zero attached hydrogens (tertiary/aromatic N) is 2. The van der Waals surface area contributed by atoms with E-state index in [2.05, 4.69) is 48.3 Å². The van der Waals surface area contributed by atoms with Gasteiger partial charge in [-0.15, -0.1) is 0 Å². The fourth-order valence-corrected chi connectivity index (χ4v) is 3.57. The van der Waals surface area contributed by atoms with Crippen molar-refractivity contribution in [3.05, 3.63) is 23.9 Å². The summed E-state index contributed by atoms with van der Waals surface area (Å²) in [6.45, 7) is 8.22. The van der Waals surface area contributed by atoms with E-state index < -0.39 is 0 Å². The zero-order valence-corrected chi connectivity index (χ0v) is 15.0. The Morgan fingerprint density at radius 1 is 1.38 bits per heavy atom. The van der Waals surface area contributed by atoms with Gasteiger partial charge in [0.2, 0.25) is 11.8 Å². The van der Waals surface area contributed by atoms with Crippen LogP contribution in [0, 0.1) is 5.92 Å². The topological polar surface area (TPSA) is 58.4 Å². The maximum Gasteiger partial charge on any atom is 0.244 e. The molecule has 2 heterocycles. The number of amides is 1. The van der Waals surface area contributed by atoms with Gasteiger partial charge in [-0.2, -0.15) is 0 Å². The number of carbonyl (C=O) groups is 1. The van der Waals surface area contributed by atoms with Crippen molar-refractivity contribution in [1.29, 1.82) is 0 Å². The van der Waals surface area contributed by atoms with Gasteiger partial charge in [0, 0.05) is 18.0 Å². The number of carbonyl (C=O) groups excluding carboxylic acids is 1. The summed E-state index contributed by atoms with van der Waals surface area (Å²) < 4.78 is 5.29. The van der Waals surface area contributed by atoms with E-state index in [0.717, 1.165) is 31.6 Å². The highest BCUT2D eigenvalue weighted by atomic mass is 16.5. The molecule has 2 atom stereocenters. The van der Waals surface area contributed by atoms with Crippen molar-refractivity contribution >= 4 is 11.8 Å². The standard InChI is InChI=1S/C19H29N3O2/c1-19(2,3)16-12-17(24-21-16)20-18(23)15-10-7-11-22(15)13-14-8-5-4-6-9-14/h5,8,12,14-15H,4,6-7,9-11,13H2,1-3H3,(H,20,23)/t14?,15-/m0/s1. The summed E-state index contributed by atoms with van der Waals surface area (Å²) in [5.41, 5.74) is 0.771. The molecule has 1 N–H and O–H groups in total. The highest BCUT2D eigenvalue weighted by Crippen LogP contribution is 2.26. The molecule has 1 aromatic rings. The first-order valence-electron chi connectivity index (χ1n) is 9.12. The SMILES string of the molecule is CC(C)(C)c1cc(NC(=O)[C@@H]2CCCN2CC2C=CCCC2)on1. The maximum atomic E-state index is 12.7. The van der Waals surface area contributed by atoms with Crippen LogP contribution in [0.2, 0.25) is 0 Å². The second-order valence-corrected chi connectivity index (χ2v) is 8.09. The van der Waals surface area contributed by atoms with Gasteiger partial charge in [0.1, 0.15) is 0 Å². The van der Waals surface area contributed by atoms with Gasteiger partial charge < -0.3 is 4.52 Å². The predicted molar refractivity (Wildman–Crippen MR) is 94.9 cm³/mol. The van der Waals surface area contributed by atoms with Crippen LogP contribution in [-0.4, -0.2) is 35.1 Å². The average Bonchev–Trinajstić information content (AvgIpc) is 3.17. The molecule has 1 aliphatic carbocycles. The first-order valence-corrected chi connectivity index (χ1v) is 9.12. The van der Waals surface area contributed by atoms with E-state index in [0.29, 0.717) is 11.8 Å². The number of nitrogens with one attached hydrogen (secondary N) is 1. The maximum absolute atomic E-state index is 12.7. The van der Waals surface area contributed by atoms with E-state index in [4.69, 9.17) is 4.52 Å². The Kier molecular flexibility index (Phi) is 5.09. The minimum absolute atomic E-state index is 0.0314. The monoisotopic (exact) mass is 331 g/mol. The zero-order valence-electron chi connectivity index (χ0n) is 15.0. The van der Waals surface area contributed by atoms with Crippen LogP contribution in [0.4, 0.5) is 5.88 Å². The molecular formula is C19H29N3O2. The van der Waals surface area contributed by atoms with Crippen molar-refractivity contribution in [1.82, 2.24) is 10.1 Å². The smallest absolute Gasteiger partial charge is 0.244 e. The second-order valence-electron chi connectivity index (χ2n) is 8.09. The van der Waals surface area contributed by atoms with Crippen molar-refractivity contribution in [3.63, 3.8) is 0 Å². The molecule has 0 radical (unpaired) electrons. The highest BCUT2D eigenvalue weighted by molar-refractivity contribution is 5.93. The number of rotatable bonds is 4. The summed E-state index contributed by atoms with van der Waals surface area (Å²) in [4.78, 5) is 15.0.